The number of nitrogens with zero attached hydrogens (tertiary/aromatic N) is 3. The van der Waals surface area contributed by atoms with Crippen LogP contribution in [-0.4, -0.2) is 31.1 Å². The summed E-state index contributed by atoms with van der Waals surface area (Å²) in [6.45, 7) is 6.27. The van der Waals surface area contributed by atoms with Crippen molar-refractivity contribution in [1.29, 1.82) is 5.26 Å². The van der Waals surface area contributed by atoms with Crippen molar-refractivity contribution in [2.24, 2.45) is 0 Å². The van der Waals surface area contributed by atoms with E-state index in [1.54, 1.807) is 0 Å². The lowest BCUT2D eigenvalue weighted by Crippen LogP contribution is -2.48. The number of hydrogen-bond donors (Lipinski definition) is 0. The highest BCUT2D eigenvalue weighted by molar-refractivity contribution is 6.30. The quantitative estimate of drug-likeness (QED) is 0.443. The van der Waals surface area contributed by atoms with Crippen molar-refractivity contribution < 1.29 is 4.74 Å². The van der Waals surface area contributed by atoms with Gasteiger partial charge in [-0.25, -0.2) is 0 Å². The molecule has 0 aromatic heterocycles. The van der Waals surface area contributed by atoms with Gasteiger partial charge in [0.25, 0.3) is 0 Å². The molecule has 0 saturated carbocycles. The second kappa shape index (κ2) is 10.5. The fourth-order valence-electron chi connectivity index (χ4n) is 4.25. The Balaban J connectivity index is 1.63. The maximum Gasteiger partial charge on any atom is 0.120 e. The van der Waals surface area contributed by atoms with E-state index in [-0.39, 0.29) is 6.04 Å². The number of ether oxygens (including phenoxy) is 1. The van der Waals surface area contributed by atoms with Crippen LogP contribution in [0.15, 0.2) is 72.8 Å². The van der Waals surface area contributed by atoms with Crippen LogP contribution in [0.3, 0.4) is 0 Å². The molecule has 1 aliphatic heterocycles. The number of benzene rings is 3. The predicted octanol–water partition coefficient (Wildman–Crippen LogP) is 6.06. The Hall–Kier alpha value is -3.00. The van der Waals surface area contributed by atoms with Gasteiger partial charge in [0.2, 0.25) is 0 Å². The van der Waals surface area contributed by atoms with E-state index < -0.39 is 0 Å². The molecule has 164 valence electrons. The van der Waals surface area contributed by atoms with E-state index in [0.717, 1.165) is 49.1 Å². The van der Waals surface area contributed by atoms with Crippen molar-refractivity contribution in [3.8, 4) is 11.8 Å². The molecule has 1 saturated heterocycles. The highest BCUT2D eigenvalue weighted by atomic mass is 35.5. The van der Waals surface area contributed by atoms with Gasteiger partial charge < -0.3 is 9.64 Å². The molecule has 32 heavy (non-hydrogen) atoms. The molecule has 5 heteroatoms. The van der Waals surface area contributed by atoms with E-state index in [1.807, 2.05) is 30.3 Å². The summed E-state index contributed by atoms with van der Waals surface area (Å²) >= 11 is 6.17. The molecule has 0 radical (unpaired) electrons. The lowest BCUT2D eigenvalue weighted by molar-refractivity contribution is 0.215. The Morgan fingerprint density at radius 3 is 2.53 bits per heavy atom. The minimum atomic E-state index is 0.124. The molecule has 0 amide bonds. The molecule has 4 nitrogen and oxygen atoms in total. The summed E-state index contributed by atoms with van der Waals surface area (Å²) in [6, 6.07) is 27.0. The van der Waals surface area contributed by atoms with Crippen LogP contribution in [0.1, 0.15) is 36.1 Å². The van der Waals surface area contributed by atoms with Gasteiger partial charge in [-0.15, -0.1) is 0 Å². The van der Waals surface area contributed by atoms with Gasteiger partial charge in [0.1, 0.15) is 11.8 Å². The highest BCUT2D eigenvalue weighted by Gasteiger charge is 2.30. The number of hydrogen-bond acceptors (Lipinski definition) is 4. The number of rotatable bonds is 7. The molecule has 3 aromatic rings. The van der Waals surface area contributed by atoms with Crippen molar-refractivity contribution in [2.45, 2.75) is 25.9 Å². The normalized spacial score (nSPS) is 16.5. The zero-order valence-corrected chi connectivity index (χ0v) is 19.1. The summed E-state index contributed by atoms with van der Waals surface area (Å²) in [4.78, 5) is 4.84. The molecular formula is C27H28ClN3O. The van der Waals surface area contributed by atoms with Gasteiger partial charge in [0, 0.05) is 31.2 Å². The summed E-state index contributed by atoms with van der Waals surface area (Å²) in [5, 5.41) is 10.6. The number of nitriles is 1. The molecule has 0 N–H and O–H groups in total. The van der Waals surface area contributed by atoms with E-state index >= 15 is 0 Å². The Labute approximate surface area is 195 Å². The van der Waals surface area contributed by atoms with Crippen LogP contribution in [0.5, 0.6) is 5.75 Å². The highest BCUT2D eigenvalue weighted by Crippen LogP contribution is 2.35. The number of anilines is 1. The Morgan fingerprint density at radius 1 is 1.03 bits per heavy atom. The molecule has 1 heterocycles. The Morgan fingerprint density at radius 2 is 1.81 bits per heavy atom. The molecule has 0 aliphatic carbocycles. The summed E-state index contributed by atoms with van der Waals surface area (Å²) < 4.78 is 5.76. The van der Waals surface area contributed by atoms with E-state index in [4.69, 9.17) is 16.3 Å². The van der Waals surface area contributed by atoms with E-state index in [9.17, 15) is 5.26 Å². The van der Waals surface area contributed by atoms with Crippen molar-refractivity contribution >= 4 is 17.3 Å². The second-order valence-corrected chi connectivity index (χ2v) is 8.56. The second-order valence-electron chi connectivity index (χ2n) is 8.12. The third-order valence-electron chi connectivity index (χ3n) is 5.84. The molecule has 4 rings (SSSR count). The van der Waals surface area contributed by atoms with Crippen molar-refractivity contribution in [3.05, 3.63) is 94.5 Å². The van der Waals surface area contributed by atoms with Gasteiger partial charge in [-0.3, -0.25) is 4.90 Å². The third-order valence-corrected chi connectivity index (χ3v) is 6.09. The largest absolute Gasteiger partial charge is 0.494 e. The summed E-state index contributed by atoms with van der Waals surface area (Å²) in [7, 11) is 0. The first kappa shape index (κ1) is 22.2. The van der Waals surface area contributed by atoms with Gasteiger partial charge in [-0.2, -0.15) is 5.26 Å². The standard InChI is InChI=1S/C27H28ClN3O/c1-2-16-32-25-12-13-26(23(17-25)18-29)31-15-14-30(19-21-6-4-3-5-7-21)20-27(31)22-8-10-24(28)11-9-22/h3-13,17,27H,2,14-16,19-20H2,1H3/t27-/m0/s1. The SMILES string of the molecule is CCCOc1ccc(N2CCN(Cc3ccccc3)C[C@H]2c2ccc(Cl)cc2)c(C#N)c1. The van der Waals surface area contributed by atoms with Gasteiger partial charge >= 0.3 is 0 Å². The van der Waals surface area contributed by atoms with Gasteiger partial charge in [0.15, 0.2) is 0 Å². The van der Waals surface area contributed by atoms with Crippen LogP contribution in [0.2, 0.25) is 5.02 Å². The van der Waals surface area contributed by atoms with Crippen LogP contribution in [0, 0.1) is 11.3 Å². The van der Waals surface area contributed by atoms with Gasteiger partial charge in [-0.05, 0) is 47.9 Å². The van der Waals surface area contributed by atoms with Gasteiger partial charge in [-0.1, -0.05) is 61.0 Å². The molecule has 0 spiro atoms. The monoisotopic (exact) mass is 445 g/mol. The van der Waals surface area contributed by atoms with Crippen LogP contribution < -0.4 is 9.64 Å². The molecule has 1 fully saturated rings. The molecule has 1 atom stereocenters. The first-order valence-corrected chi connectivity index (χ1v) is 11.5. The zero-order valence-electron chi connectivity index (χ0n) is 18.4. The average molecular weight is 446 g/mol. The number of halogens is 1. The summed E-state index contributed by atoms with van der Waals surface area (Å²) in [5.74, 6) is 0.748. The fraction of sp³-hybridized carbons (Fsp3) is 0.296. The minimum absolute atomic E-state index is 0.124. The van der Waals surface area contributed by atoms with Crippen LogP contribution >= 0.6 is 11.6 Å². The van der Waals surface area contributed by atoms with Gasteiger partial charge in [0.05, 0.1) is 23.9 Å². The predicted molar refractivity (Wildman–Crippen MR) is 130 cm³/mol. The number of piperazine rings is 1. The fourth-order valence-corrected chi connectivity index (χ4v) is 4.37. The maximum absolute atomic E-state index is 9.88. The van der Waals surface area contributed by atoms with Crippen molar-refractivity contribution in [3.63, 3.8) is 0 Å². The first-order chi connectivity index (χ1) is 15.7. The van der Waals surface area contributed by atoms with E-state index in [1.165, 1.54) is 11.1 Å². The molecule has 0 unspecified atom stereocenters. The van der Waals surface area contributed by atoms with Crippen LogP contribution in [0.25, 0.3) is 0 Å². The summed E-state index contributed by atoms with van der Waals surface area (Å²) in [5.41, 5.74) is 4.11. The molecule has 3 aromatic carbocycles. The molecule has 1 aliphatic rings. The van der Waals surface area contributed by atoms with Crippen LogP contribution in [0.4, 0.5) is 5.69 Å². The Kier molecular flexibility index (Phi) is 7.32. The topological polar surface area (TPSA) is 39.5 Å². The smallest absolute Gasteiger partial charge is 0.120 e. The van der Waals surface area contributed by atoms with Crippen LogP contribution in [-0.2, 0) is 6.54 Å². The van der Waals surface area contributed by atoms with Crippen molar-refractivity contribution in [1.82, 2.24) is 4.90 Å². The maximum atomic E-state index is 9.88. The Bertz CT molecular complexity index is 1060. The average Bonchev–Trinajstić information content (AvgIpc) is 2.84. The summed E-state index contributed by atoms with van der Waals surface area (Å²) in [6.07, 6.45) is 0.936. The lowest BCUT2D eigenvalue weighted by Gasteiger charge is -2.43. The third kappa shape index (κ3) is 5.24. The molecular weight excluding hydrogens is 418 g/mol. The van der Waals surface area contributed by atoms with Crippen molar-refractivity contribution in [2.75, 3.05) is 31.1 Å². The van der Waals surface area contributed by atoms with E-state index in [2.05, 4.69) is 65.3 Å². The first-order valence-electron chi connectivity index (χ1n) is 11.1. The van der Waals surface area contributed by atoms with E-state index in [0.29, 0.717) is 12.2 Å². The zero-order chi connectivity index (χ0) is 22.3. The lowest BCUT2D eigenvalue weighted by atomic mass is 9.99. The minimum Gasteiger partial charge on any atom is -0.494 e. The molecule has 0 bridgehead atoms.